The Morgan fingerprint density at radius 3 is 2.32 bits per heavy atom. The van der Waals surface area contributed by atoms with Gasteiger partial charge in [0, 0.05) is 25.2 Å². The molecule has 2 saturated heterocycles. The third-order valence-electron chi connectivity index (χ3n) is 4.38. The number of carbonyl (C=O) groups is 1. The molecule has 1 aromatic rings. The summed E-state index contributed by atoms with van der Waals surface area (Å²) in [5.74, 6) is -0.367. The molecule has 2 aliphatic rings. The SMILES string of the molecule is NC(=O)c1ccc(CN2CCC3(CCO3)CC2)cc1. The molecule has 19 heavy (non-hydrogen) atoms. The molecule has 2 N–H and O–H groups in total. The Hall–Kier alpha value is -1.39. The van der Waals surface area contributed by atoms with Crippen LogP contribution in [0.2, 0.25) is 0 Å². The summed E-state index contributed by atoms with van der Waals surface area (Å²) in [5.41, 5.74) is 7.26. The van der Waals surface area contributed by atoms with E-state index in [1.165, 1.54) is 12.0 Å². The minimum Gasteiger partial charge on any atom is -0.375 e. The summed E-state index contributed by atoms with van der Waals surface area (Å²) in [7, 11) is 0. The first-order valence-electron chi connectivity index (χ1n) is 6.92. The number of amides is 1. The number of hydrogen-bond acceptors (Lipinski definition) is 3. The van der Waals surface area contributed by atoms with Crippen LogP contribution in [0, 0.1) is 0 Å². The fourth-order valence-electron chi connectivity index (χ4n) is 2.94. The van der Waals surface area contributed by atoms with Crippen LogP contribution in [-0.2, 0) is 11.3 Å². The smallest absolute Gasteiger partial charge is 0.248 e. The summed E-state index contributed by atoms with van der Waals surface area (Å²) in [4.78, 5) is 13.5. The van der Waals surface area contributed by atoms with Gasteiger partial charge in [-0.2, -0.15) is 0 Å². The molecule has 1 aromatic carbocycles. The van der Waals surface area contributed by atoms with Gasteiger partial charge in [0.25, 0.3) is 0 Å². The van der Waals surface area contributed by atoms with Crippen molar-refractivity contribution >= 4 is 5.91 Å². The number of nitrogens with zero attached hydrogens (tertiary/aromatic N) is 1. The van der Waals surface area contributed by atoms with Crippen LogP contribution in [-0.4, -0.2) is 36.1 Å². The zero-order valence-corrected chi connectivity index (χ0v) is 11.1. The van der Waals surface area contributed by atoms with Crippen LogP contribution in [0.15, 0.2) is 24.3 Å². The Bertz CT molecular complexity index is 456. The fraction of sp³-hybridized carbons (Fsp3) is 0.533. The van der Waals surface area contributed by atoms with E-state index in [1.807, 2.05) is 12.1 Å². The topological polar surface area (TPSA) is 55.6 Å². The number of likely N-dealkylation sites (tertiary alicyclic amines) is 1. The maximum Gasteiger partial charge on any atom is 0.248 e. The Labute approximate surface area is 113 Å². The maximum atomic E-state index is 11.0. The standard InChI is InChI=1S/C15H20N2O2/c16-14(18)13-3-1-12(2-4-13)11-17-8-5-15(6-9-17)7-10-19-15/h1-4H,5-11H2,(H2,16,18). The van der Waals surface area contributed by atoms with E-state index in [0.717, 1.165) is 39.1 Å². The molecule has 0 bridgehead atoms. The minimum absolute atomic E-state index is 0.215. The first-order chi connectivity index (χ1) is 9.17. The second-order valence-electron chi connectivity index (χ2n) is 5.62. The molecule has 0 saturated carbocycles. The van der Waals surface area contributed by atoms with E-state index in [-0.39, 0.29) is 11.5 Å². The van der Waals surface area contributed by atoms with E-state index >= 15 is 0 Å². The van der Waals surface area contributed by atoms with E-state index < -0.39 is 0 Å². The number of nitrogens with two attached hydrogens (primary N) is 1. The van der Waals surface area contributed by atoms with Crippen molar-refractivity contribution in [2.24, 2.45) is 5.73 Å². The van der Waals surface area contributed by atoms with Crippen LogP contribution in [0.5, 0.6) is 0 Å². The summed E-state index contributed by atoms with van der Waals surface area (Å²) in [5, 5.41) is 0. The van der Waals surface area contributed by atoms with Gasteiger partial charge in [0.15, 0.2) is 0 Å². The van der Waals surface area contributed by atoms with Crippen molar-refractivity contribution in [3.05, 3.63) is 35.4 Å². The molecule has 1 amide bonds. The van der Waals surface area contributed by atoms with Gasteiger partial charge in [-0.1, -0.05) is 12.1 Å². The number of hydrogen-bond donors (Lipinski definition) is 1. The van der Waals surface area contributed by atoms with Crippen molar-refractivity contribution in [2.45, 2.75) is 31.4 Å². The monoisotopic (exact) mass is 260 g/mol. The molecule has 3 rings (SSSR count). The van der Waals surface area contributed by atoms with E-state index in [0.29, 0.717) is 5.56 Å². The highest BCUT2D eigenvalue weighted by atomic mass is 16.5. The molecule has 0 atom stereocenters. The lowest BCUT2D eigenvalue weighted by Crippen LogP contribution is -2.52. The molecular weight excluding hydrogens is 240 g/mol. The summed E-state index contributed by atoms with van der Waals surface area (Å²) >= 11 is 0. The molecule has 1 spiro atoms. The normalized spacial score (nSPS) is 22.1. The van der Waals surface area contributed by atoms with Gasteiger partial charge in [0.2, 0.25) is 5.91 Å². The number of primary amides is 1. The van der Waals surface area contributed by atoms with Crippen LogP contribution >= 0.6 is 0 Å². The number of carbonyl (C=O) groups excluding carboxylic acids is 1. The lowest BCUT2D eigenvalue weighted by molar-refractivity contribution is -0.173. The lowest BCUT2D eigenvalue weighted by Gasteiger charge is -2.47. The zero-order valence-electron chi connectivity index (χ0n) is 11.1. The van der Waals surface area contributed by atoms with Gasteiger partial charge >= 0.3 is 0 Å². The molecule has 4 heteroatoms. The van der Waals surface area contributed by atoms with E-state index in [4.69, 9.17) is 10.5 Å². The molecule has 102 valence electrons. The van der Waals surface area contributed by atoms with Gasteiger partial charge in [0.1, 0.15) is 0 Å². The van der Waals surface area contributed by atoms with Crippen molar-refractivity contribution in [2.75, 3.05) is 19.7 Å². The molecule has 2 heterocycles. The highest BCUT2D eigenvalue weighted by Gasteiger charge is 2.40. The summed E-state index contributed by atoms with van der Waals surface area (Å²) in [6.07, 6.45) is 3.52. The van der Waals surface area contributed by atoms with Crippen LogP contribution in [0.1, 0.15) is 35.2 Å². The van der Waals surface area contributed by atoms with Crippen molar-refractivity contribution in [3.8, 4) is 0 Å². The fourth-order valence-corrected chi connectivity index (χ4v) is 2.94. The molecule has 2 fully saturated rings. The Morgan fingerprint density at radius 1 is 1.21 bits per heavy atom. The van der Waals surface area contributed by atoms with E-state index in [9.17, 15) is 4.79 Å². The highest BCUT2D eigenvalue weighted by Crippen LogP contribution is 2.36. The van der Waals surface area contributed by atoms with Crippen molar-refractivity contribution in [3.63, 3.8) is 0 Å². The van der Waals surface area contributed by atoms with Gasteiger partial charge in [-0.3, -0.25) is 9.69 Å². The van der Waals surface area contributed by atoms with Crippen LogP contribution < -0.4 is 5.73 Å². The predicted molar refractivity (Wildman–Crippen MR) is 72.8 cm³/mol. The molecule has 4 nitrogen and oxygen atoms in total. The zero-order chi connectivity index (χ0) is 13.3. The van der Waals surface area contributed by atoms with Crippen LogP contribution in [0.4, 0.5) is 0 Å². The van der Waals surface area contributed by atoms with Crippen molar-refractivity contribution in [1.29, 1.82) is 0 Å². The number of piperidine rings is 1. The van der Waals surface area contributed by atoms with Gasteiger partial charge in [-0.05, 0) is 37.0 Å². The summed E-state index contributed by atoms with van der Waals surface area (Å²) in [6, 6.07) is 7.59. The third-order valence-corrected chi connectivity index (χ3v) is 4.38. The third kappa shape index (κ3) is 2.65. The first-order valence-corrected chi connectivity index (χ1v) is 6.92. The molecule has 0 unspecified atom stereocenters. The average molecular weight is 260 g/mol. The van der Waals surface area contributed by atoms with E-state index in [1.54, 1.807) is 12.1 Å². The van der Waals surface area contributed by atoms with Gasteiger partial charge in [0.05, 0.1) is 12.2 Å². The highest BCUT2D eigenvalue weighted by molar-refractivity contribution is 5.92. The second-order valence-corrected chi connectivity index (χ2v) is 5.62. The molecule has 0 radical (unpaired) electrons. The van der Waals surface area contributed by atoms with Gasteiger partial charge < -0.3 is 10.5 Å². The van der Waals surface area contributed by atoms with Crippen molar-refractivity contribution in [1.82, 2.24) is 4.90 Å². The lowest BCUT2D eigenvalue weighted by atomic mass is 9.84. The molecule has 0 aromatic heterocycles. The van der Waals surface area contributed by atoms with Gasteiger partial charge in [-0.15, -0.1) is 0 Å². The predicted octanol–water partition coefficient (Wildman–Crippen LogP) is 1.54. The summed E-state index contributed by atoms with van der Waals surface area (Å²) in [6.45, 7) is 4.07. The minimum atomic E-state index is -0.367. The number of ether oxygens (including phenoxy) is 1. The molecular formula is C15H20N2O2. The van der Waals surface area contributed by atoms with Gasteiger partial charge in [-0.25, -0.2) is 0 Å². The van der Waals surface area contributed by atoms with Crippen LogP contribution in [0.25, 0.3) is 0 Å². The average Bonchev–Trinajstić information content (AvgIpc) is 2.38. The van der Waals surface area contributed by atoms with Crippen LogP contribution in [0.3, 0.4) is 0 Å². The second kappa shape index (κ2) is 4.94. The summed E-state index contributed by atoms with van der Waals surface area (Å²) < 4.78 is 5.72. The first kappa shape index (κ1) is 12.6. The Balaban J connectivity index is 1.55. The molecule has 0 aliphatic carbocycles. The maximum absolute atomic E-state index is 11.0. The molecule has 2 aliphatic heterocycles. The van der Waals surface area contributed by atoms with Crippen molar-refractivity contribution < 1.29 is 9.53 Å². The quantitative estimate of drug-likeness (QED) is 0.897. The Morgan fingerprint density at radius 2 is 1.84 bits per heavy atom. The van der Waals surface area contributed by atoms with E-state index in [2.05, 4.69) is 4.90 Å². The Kier molecular flexibility index (Phi) is 3.29. The number of benzene rings is 1. The number of rotatable bonds is 3. The largest absolute Gasteiger partial charge is 0.375 e.